The fourth-order valence-corrected chi connectivity index (χ4v) is 5.68. The van der Waals surface area contributed by atoms with Crippen molar-refractivity contribution in [2.45, 2.75) is 69.2 Å². The molecule has 2 aliphatic carbocycles. The van der Waals surface area contributed by atoms with E-state index in [1.54, 1.807) is 11.3 Å². The molecule has 3 aliphatic rings. The number of hydrogen-bond acceptors (Lipinski definition) is 4. The summed E-state index contributed by atoms with van der Waals surface area (Å²) in [5.41, 5.74) is 1.26. The average Bonchev–Trinajstić information content (AvgIpc) is 3.23. The summed E-state index contributed by atoms with van der Waals surface area (Å²) < 4.78 is 0. The van der Waals surface area contributed by atoms with Crippen LogP contribution in [0.4, 0.5) is 0 Å². The second-order valence-corrected chi connectivity index (χ2v) is 8.54. The van der Waals surface area contributed by atoms with Crippen molar-refractivity contribution in [3.63, 3.8) is 0 Å². The molecule has 1 aromatic rings. The van der Waals surface area contributed by atoms with E-state index in [0.717, 1.165) is 24.5 Å². The Hall–Kier alpha value is -0.940. The second kappa shape index (κ2) is 6.52. The fraction of sp³-hybridized carbons (Fsp3) is 0.778. The number of fused-ring (bicyclic) bond motifs is 1. The van der Waals surface area contributed by atoms with Crippen molar-refractivity contribution in [2.75, 3.05) is 13.1 Å². The number of amides is 1. The Labute approximate surface area is 142 Å². The highest BCUT2D eigenvalue weighted by Crippen LogP contribution is 2.38. The second-order valence-electron chi connectivity index (χ2n) is 7.60. The van der Waals surface area contributed by atoms with E-state index in [4.69, 9.17) is 4.98 Å². The average molecular weight is 334 g/mol. The Morgan fingerprint density at radius 1 is 1.30 bits per heavy atom. The SMILES string of the molecule is O=C(Cc1nc(C2CCCCC2)cs1)N[C@]12CCC[C@H]1CNC2. The molecule has 3 fully saturated rings. The third-order valence-corrected chi connectivity index (χ3v) is 6.95. The molecule has 23 heavy (non-hydrogen) atoms. The number of nitrogens with zero attached hydrogens (tertiary/aromatic N) is 1. The third-order valence-electron chi connectivity index (χ3n) is 6.08. The predicted molar refractivity (Wildman–Crippen MR) is 92.7 cm³/mol. The van der Waals surface area contributed by atoms with Gasteiger partial charge in [0.2, 0.25) is 5.91 Å². The summed E-state index contributed by atoms with van der Waals surface area (Å²) in [7, 11) is 0. The fourth-order valence-electron chi connectivity index (χ4n) is 4.80. The molecule has 4 nitrogen and oxygen atoms in total. The topological polar surface area (TPSA) is 54.0 Å². The minimum atomic E-state index is 0.0283. The molecule has 0 radical (unpaired) electrons. The lowest BCUT2D eigenvalue weighted by molar-refractivity contribution is -0.122. The lowest BCUT2D eigenvalue weighted by Crippen LogP contribution is -2.52. The summed E-state index contributed by atoms with van der Waals surface area (Å²) >= 11 is 1.66. The van der Waals surface area contributed by atoms with Crippen LogP contribution in [-0.4, -0.2) is 29.5 Å². The van der Waals surface area contributed by atoms with Gasteiger partial charge in [0.05, 0.1) is 17.7 Å². The van der Waals surface area contributed by atoms with Gasteiger partial charge in [-0.2, -0.15) is 0 Å². The van der Waals surface area contributed by atoms with Gasteiger partial charge in [-0.25, -0.2) is 4.98 Å². The molecular weight excluding hydrogens is 306 g/mol. The van der Waals surface area contributed by atoms with Gasteiger partial charge >= 0.3 is 0 Å². The first-order chi connectivity index (χ1) is 11.3. The molecule has 2 heterocycles. The summed E-state index contributed by atoms with van der Waals surface area (Å²) in [6, 6.07) is 0. The van der Waals surface area contributed by atoms with E-state index in [2.05, 4.69) is 16.0 Å². The van der Waals surface area contributed by atoms with Gasteiger partial charge < -0.3 is 10.6 Å². The van der Waals surface area contributed by atoms with Crippen molar-refractivity contribution in [3.8, 4) is 0 Å². The third kappa shape index (κ3) is 3.18. The van der Waals surface area contributed by atoms with E-state index in [0.29, 0.717) is 18.3 Å². The van der Waals surface area contributed by atoms with Crippen molar-refractivity contribution in [1.82, 2.24) is 15.6 Å². The Bertz CT molecular complexity index is 554. The van der Waals surface area contributed by atoms with E-state index in [9.17, 15) is 4.79 Å². The van der Waals surface area contributed by atoms with Gasteiger partial charge in [0.25, 0.3) is 0 Å². The molecular formula is C18H27N3OS. The maximum Gasteiger partial charge on any atom is 0.227 e. The van der Waals surface area contributed by atoms with Crippen LogP contribution in [0.25, 0.3) is 0 Å². The smallest absolute Gasteiger partial charge is 0.227 e. The zero-order valence-electron chi connectivity index (χ0n) is 13.8. The number of aromatic nitrogens is 1. The van der Waals surface area contributed by atoms with Gasteiger partial charge in [-0.05, 0) is 31.6 Å². The monoisotopic (exact) mass is 333 g/mol. The van der Waals surface area contributed by atoms with Crippen molar-refractivity contribution >= 4 is 17.2 Å². The normalized spacial score (nSPS) is 31.2. The van der Waals surface area contributed by atoms with Gasteiger partial charge in [-0.1, -0.05) is 25.7 Å². The molecule has 4 rings (SSSR count). The number of carbonyl (C=O) groups is 1. The molecule has 5 heteroatoms. The summed E-state index contributed by atoms with van der Waals surface area (Å²) in [6.07, 6.45) is 10.6. The predicted octanol–water partition coefficient (Wildman–Crippen LogP) is 2.99. The van der Waals surface area contributed by atoms with Crippen LogP contribution < -0.4 is 10.6 Å². The summed E-state index contributed by atoms with van der Waals surface area (Å²) in [5, 5.41) is 9.98. The van der Waals surface area contributed by atoms with E-state index >= 15 is 0 Å². The van der Waals surface area contributed by atoms with E-state index in [1.165, 1.54) is 50.6 Å². The number of thiazole rings is 1. The molecule has 1 aromatic heterocycles. The number of carbonyl (C=O) groups excluding carboxylic acids is 1. The highest BCUT2D eigenvalue weighted by molar-refractivity contribution is 7.09. The van der Waals surface area contributed by atoms with Crippen LogP contribution in [0.1, 0.15) is 68.0 Å². The van der Waals surface area contributed by atoms with Gasteiger partial charge in [-0.15, -0.1) is 11.3 Å². The molecule has 1 saturated heterocycles. The molecule has 2 N–H and O–H groups in total. The Morgan fingerprint density at radius 2 is 2.17 bits per heavy atom. The van der Waals surface area contributed by atoms with Crippen LogP contribution in [-0.2, 0) is 11.2 Å². The van der Waals surface area contributed by atoms with Gasteiger partial charge in [-0.3, -0.25) is 4.79 Å². The molecule has 2 saturated carbocycles. The Balaban J connectivity index is 1.36. The highest BCUT2D eigenvalue weighted by atomic mass is 32.1. The van der Waals surface area contributed by atoms with E-state index in [-0.39, 0.29) is 11.4 Å². The number of hydrogen-bond donors (Lipinski definition) is 2. The maximum absolute atomic E-state index is 12.5. The van der Waals surface area contributed by atoms with Crippen molar-refractivity contribution in [1.29, 1.82) is 0 Å². The van der Waals surface area contributed by atoms with Crippen molar-refractivity contribution in [2.24, 2.45) is 5.92 Å². The highest BCUT2D eigenvalue weighted by Gasteiger charge is 2.47. The maximum atomic E-state index is 12.5. The number of nitrogens with one attached hydrogen (secondary N) is 2. The molecule has 0 aromatic carbocycles. The van der Waals surface area contributed by atoms with Crippen LogP contribution in [0, 0.1) is 5.92 Å². The van der Waals surface area contributed by atoms with E-state index in [1.807, 2.05) is 0 Å². The van der Waals surface area contributed by atoms with Gasteiger partial charge in [0, 0.05) is 24.4 Å². The number of rotatable bonds is 4. The zero-order chi connectivity index (χ0) is 15.7. The van der Waals surface area contributed by atoms with Crippen LogP contribution in [0.15, 0.2) is 5.38 Å². The molecule has 0 bridgehead atoms. The Morgan fingerprint density at radius 3 is 3.04 bits per heavy atom. The molecule has 126 valence electrons. The van der Waals surface area contributed by atoms with Gasteiger partial charge in [0.1, 0.15) is 5.01 Å². The van der Waals surface area contributed by atoms with Crippen LogP contribution in [0.5, 0.6) is 0 Å². The first-order valence-corrected chi connectivity index (χ1v) is 10.1. The lowest BCUT2D eigenvalue weighted by atomic mass is 9.87. The summed E-state index contributed by atoms with van der Waals surface area (Å²) in [4.78, 5) is 17.3. The lowest BCUT2D eigenvalue weighted by Gasteiger charge is -2.29. The largest absolute Gasteiger partial charge is 0.349 e. The Kier molecular flexibility index (Phi) is 4.41. The minimum Gasteiger partial charge on any atom is -0.349 e. The summed E-state index contributed by atoms with van der Waals surface area (Å²) in [6.45, 7) is 2.00. The first kappa shape index (κ1) is 15.6. The van der Waals surface area contributed by atoms with Gasteiger partial charge in [0.15, 0.2) is 0 Å². The minimum absolute atomic E-state index is 0.0283. The van der Waals surface area contributed by atoms with Crippen LogP contribution in [0.2, 0.25) is 0 Å². The van der Waals surface area contributed by atoms with Crippen LogP contribution >= 0.6 is 11.3 Å². The molecule has 1 aliphatic heterocycles. The molecule has 0 unspecified atom stereocenters. The quantitative estimate of drug-likeness (QED) is 0.890. The van der Waals surface area contributed by atoms with Crippen LogP contribution in [0.3, 0.4) is 0 Å². The van der Waals surface area contributed by atoms with E-state index < -0.39 is 0 Å². The standard InChI is InChI=1S/C18H27N3OS/c22-16(21-18-8-4-7-14(18)10-19-12-18)9-17-20-15(11-23-17)13-5-2-1-3-6-13/h11,13-14,19H,1-10,12H2,(H,21,22)/t14-,18-/m0/s1. The first-order valence-electron chi connectivity index (χ1n) is 9.21. The van der Waals surface area contributed by atoms with Crippen molar-refractivity contribution in [3.05, 3.63) is 16.1 Å². The summed E-state index contributed by atoms with van der Waals surface area (Å²) in [5.74, 6) is 1.42. The van der Waals surface area contributed by atoms with Crippen molar-refractivity contribution < 1.29 is 4.79 Å². The zero-order valence-corrected chi connectivity index (χ0v) is 14.6. The molecule has 0 spiro atoms. The molecule has 2 atom stereocenters. The molecule has 1 amide bonds.